The number of benzene rings is 1. The third-order valence-electron chi connectivity index (χ3n) is 3.60. The van der Waals surface area contributed by atoms with Crippen molar-refractivity contribution >= 4 is 0 Å². The Bertz CT molecular complexity index is 349. The molecule has 0 radical (unpaired) electrons. The molecule has 1 saturated heterocycles. The van der Waals surface area contributed by atoms with E-state index >= 15 is 0 Å². The van der Waals surface area contributed by atoms with E-state index in [1.165, 1.54) is 19.3 Å². The van der Waals surface area contributed by atoms with Gasteiger partial charge in [-0.1, -0.05) is 31.5 Å². The van der Waals surface area contributed by atoms with Crippen LogP contribution >= 0.6 is 0 Å². The minimum Gasteiger partial charge on any atom is -0.472 e. The number of para-hydroxylation sites is 1. The first-order valence-electron chi connectivity index (χ1n) is 6.97. The monoisotopic (exact) mass is 248 g/mol. The molecule has 3 heteroatoms. The predicted octanol–water partition coefficient (Wildman–Crippen LogP) is 2.62. The summed E-state index contributed by atoms with van der Waals surface area (Å²) >= 11 is 0. The summed E-state index contributed by atoms with van der Waals surface area (Å²) in [7, 11) is 0. The molecule has 0 spiro atoms. The number of hydrogen-bond acceptors (Lipinski definition) is 3. The van der Waals surface area contributed by atoms with E-state index in [0.717, 1.165) is 31.8 Å². The van der Waals surface area contributed by atoms with Crippen LogP contribution in [-0.2, 0) is 0 Å². The van der Waals surface area contributed by atoms with Gasteiger partial charge in [-0.3, -0.25) is 10.6 Å². The van der Waals surface area contributed by atoms with E-state index in [1.54, 1.807) is 0 Å². The Kier molecular flexibility index (Phi) is 4.61. The summed E-state index contributed by atoms with van der Waals surface area (Å²) in [6.45, 7) is 5.21. The average molecular weight is 248 g/mol. The van der Waals surface area contributed by atoms with Crippen LogP contribution in [0, 0.1) is 0 Å². The van der Waals surface area contributed by atoms with E-state index in [0.29, 0.717) is 0 Å². The lowest BCUT2D eigenvalue weighted by atomic mass is 10.1. The highest BCUT2D eigenvalue weighted by Gasteiger charge is 2.28. The normalized spacial score (nSPS) is 20.3. The van der Waals surface area contributed by atoms with Crippen molar-refractivity contribution in [1.29, 1.82) is 0 Å². The number of ether oxygens (including phenoxy) is 1. The van der Waals surface area contributed by atoms with Gasteiger partial charge in [0, 0.05) is 0 Å². The van der Waals surface area contributed by atoms with Crippen molar-refractivity contribution in [2.75, 3.05) is 19.6 Å². The third-order valence-corrected chi connectivity index (χ3v) is 3.60. The van der Waals surface area contributed by atoms with E-state index < -0.39 is 5.72 Å². The predicted molar refractivity (Wildman–Crippen MR) is 74.6 cm³/mol. The highest BCUT2D eigenvalue weighted by molar-refractivity contribution is 5.22. The van der Waals surface area contributed by atoms with Crippen molar-refractivity contribution in [2.24, 2.45) is 5.73 Å². The molecule has 1 unspecified atom stereocenters. The molecule has 1 aromatic carbocycles. The molecule has 1 aromatic rings. The van der Waals surface area contributed by atoms with Gasteiger partial charge in [0.25, 0.3) is 0 Å². The zero-order valence-corrected chi connectivity index (χ0v) is 11.3. The molecule has 0 bridgehead atoms. The van der Waals surface area contributed by atoms with E-state index in [4.69, 9.17) is 10.5 Å². The third kappa shape index (κ3) is 3.72. The van der Waals surface area contributed by atoms with Gasteiger partial charge in [-0.2, -0.15) is 0 Å². The molecular weight excluding hydrogens is 224 g/mol. The number of rotatable bonds is 5. The van der Waals surface area contributed by atoms with Gasteiger partial charge in [-0.05, 0) is 44.5 Å². The zero-order valence-electron chi connectivity index (χ0n) is 11.3. The van der Waals surface area contributed by atoms with Gasteiger partial charge < -0.3 is 4.74 Å². The molecule has 1 atom stereocenters. The van der Waals surface area contributed by atoms with Crippen molar-refractivity contribution in [3.05, 3.63) is 30.3 Å². The van der Waals surface area contributed by atoms with Gasteiger partial charge in [0.05, 0.1) is 6.54 Å². The first-order chi connectivity index (χ1) is 8.72. The van der Waals surface area contributed by atoms with Crippen LogP contribution < -0.4 is 10.5 Å². The molecule has 100 valence electrons. The van der Waals surface area contributed by atoms with Gasteiger partial charge in [0.1, 0.15) is 5.75 Å². The molecular formula is C15H24N2O. The Morgan fingerprint density at radius 2 is 1.83 bits per heavy atom. The molecule has 2 N–H and O–H groups in total. The van der Waals surface area contributed by atoms with Crippen LogP contribution in [0.3, 0.4) is 0 Å². The standard InChI is InChI=1S/C15H24N2O/c1-2-15(16,13-17-11-7-4-8-12-17)18-14-9-5-3-6-10-14/h3,5-6,9-10H,2,4,7-8,11-13,16H2,1H3. The van der Waals surface area contributed by atoms with Gasteiger partial charge in [0.15, 0.2) is 5.72 Å². The SMILES string of the molecule is CCC(N)(CN1CCCCC1)Oc1ccccc1. The van der Waals surface area contributed by atoms with Crippen molar-refractivity contribution in [3.63, 3.8) is 0 Å². The van der Waals surface area contributed by atoms with Crippen molar-refractivity contribution < 1.29 is 4.74 Å². The maximum absolute atomic E-state index is 6.40. The highest BCUT2D eigenvalue weighted by Crippen LogP contribution is 2.20. The Morgan fingerprint density at radius 1 is 1.17 bits per heavy atom. The molecule has 3 nitrogen and oxygen atoms in total. The molecule has 1 aliphatic rings. The number of nitrogens with two attached hydrogens (primary N) is 1. The van der Waals surface area contributed by atoms with Crippen molar-refractivity contribution in [1.82, 2.24) is 4.90 Å². The molecule has 1 aliphatic heterocycles. The number of hydrogen-bond donors (Lipinski definition) is 1. The van der Waals surface area contributed by atoms with Crippen LogP contribution in [0.25, 0.3) is 0 Å². The summed E-state index contributed by atoms with van der Waals surface area (Å²) in [6.07, 6.45) is 4.73. The van der Waals surface area contributed by atoms with E-state index in [2.05, 4.69) is 11.8 Å². The minimum absolute atomic E-state index is 0.571. The summed E-state index contributed by atoms with van der Waals surface area (Å²) in [5.41, 5.74) is 5.83. The summed E-state index contributed by atoms with van der Waals surface area (Å²) in [4.78, 5) is 2.43. The summed E-state index contributed by atoms with van der Waals surface area (Å²) in [5, 5.41) is 0. The Hall–Kier alpha value is -1.06. The maximum atomic E-state index is 6.40. The first kappa shape index (κ1) is 13.4. The van der Waals surface area contributed by atoms with Crippen LogP contribution in [-0.4, -0.2) is 30.3 Å². The van der Waals surface area contributed by atoms with Crippen LogP contribution in [0.5, 0.6) is 5.75 Å². The summed E-state index contributed by atoms with van der Waals surface area (Å²) in [6, 6.07) is 9.88. The second-order valence-corrected chi connectivity index (χ2v) is 5.17. The van der Waals surface area contributed by atoms with E-state index in [9.17, 15) is 0 Å². The highest BCUT2D eigenvalue weighted by atomic mass is 16.5. The van der Waals surface area contributed by atoms with E-state index in [1.807, 2.05) is 30.3 Å². The molecule has 0 saturated carbocycles. The lowest BCUT2D eigenvalue weighted by Crippen LogP contribution is -2.55. The van der Waals surface area contributed by atoms with Crippen LogP contribution in [0.2, 0.25) is 0 Å². The molecule has 2 rings (SSSR count). The zero-order chi connectivity index (χ0) is 12.8. The molecule has 0 aromatic heterocycles. The van der Waals surface area contributed by atoms with Crippen molar-refractivity contribution in [2.45, 2.75) is 38.3 Å². The van der Waals surface area contributed by atoms with E-state index in [-0.39, 0.29) is 0 Å². The Labute approximate surface area is 110 Å². The second-order valence-electron chi connectivity index (χ2n) is 5.17. The Morgan fingerprint density at radius 3 is 2.44 bits per heavy atom. The Balaban J connectivity index is 1.96. The van der Waals surface area contributed by atoms with Crippen LogP contribution in [0.4, 0.5) is 0 Å². The van der Waals surface area contributed by atoms with Gasteiger partial charge >= 0.3 is 0 Å². The number of nitrogens with zero attached hydrogens (tertiary/aromatic N) is 1. The number of piperidine rings is 1. The fourth-order valence-electron chi connectivity index (χ4n) is 2.44. The lowest BCUT2D eigenvalue weighted by molar-refractivity contribution is 0.0232. The summed E-state index contributed by atoms with van der Waals surface area (Å²) in [5.74, 6) is 0.860. The molecule has 1 fully saturated rings. The fourth-order valence-corrected chi connectivity index (χ4v) is 2.44. The van der Waals surface area contributed by atoms with Crippen LogP contribution in [0.15, 0.2) is 30.3 Å². The number of likely N-dealkylation sites (tertiary alicyclic amines) is 1. The summed E-state index contributed by atoms with van der Waals surface area (Å²) < 4.78 is 5.99. The van der Waals surface area contributed by atoms with Gasteiger partial charge in [0.2, 0.25) is 0 Å². The van der Waals surface area contributed by atoms with Gasteiger partial charge in [-0.25, -0.2) is 0 Å². The molecule has 0 amide bonds. The largest absolute Gasteiger partial charge is 0.472 e. The first-order valence-corrected chi connectivity index (χ1v) is 6.97. The topological polar surface area (TPSA) is 38.5 Å². The average Bonchev–Trinajstić information content (AvgIpc) is 2.41. The smallest absolute Gasteiger partial charge is 0.170 e. The second kappa shape index (κ2) is 6.21. The van der Waals surface area contributed by atoms with Crippen LogP contribution in [0.1, 0.15) is 32.6 Å². The molecule has 18 heavy (non-hydrogen) atoms. The lowest BCUT2D eigenvalue weighted by Gasteiger charge is -2.36. The molecule has 0 aliphatic carbocycles. The molecule has 1 heterocycles. The van der Waals surface area contributed by atoms with Crippen molar-refractivity contribution in [3.8, 4) is 5.75 Å². The maximum Gasteiger partial charge on any atom is 0.170 e. The quantitative estimate of drug-likeness (QED) is 0.814. The van der Waals surface area contributed by atoms with Gasteiger partial charge in [-0.15, -0.1) is 0 Å². The minimum atomic E-state index is -0.571. The fraction of sp³-hybridized carbons (Fsp3) is 0.600.